The third-order valence-electron chi connectivity index (χ3n) is 1.39. The van der Waals surface area contributed by atoms with Gasteiger partial charge in [-0.05, 0) is 26.2 Å². The van der Waals surface area contributed by atoms with Crippen LogP contribution in [0.1, 0.15) is 27.2 Å². The molecular formula is C10H15NO2S. The van der Waals surface area contributed by atoms with Crippen molar-refractivity contribution in [2.24, 2.45) is 0 Å². The first-order valence-corrected chi connectivity index (χ1v) is 5.63. The number of Topliss-reactive ketones (excluding diaryl/α,β-unsaturated/α-hetero) is 1. The molecule has 0 radical (unpaired) electrons. The quantitative estimate of drug-likeness (QED) is 0.550. The van der Waals surface area contributed by atoms with Crippen LogP contribution in [0.2, 0.25) is 0 Å². The predicted octanol–water partition coefficient (Wildman–Crippen LogP) is 1.14. The van der Waals surface area contributed by atoms with Gasteiger partial charge in [0.15, 0.2) is 0 Å². The summed E-state index contributed by atoms with van der Waals surface area (Å²) in [7, 11) is -1.29. The van der Waals surface area contributed by atoms with Crippen LogP contribution in [0.5, 0.6) is 0 Å². The second-order valence-corrected chi connectivity index (χ2v) is 3.76. The summed E-state index contributed by atoms with van der Waals surface area (Å²) < 4.78 is 13.9. The second-order valence-electron chi connectivity index (χ2n) is 2.66. The predicted molar refractivity (Wildman–Crippen MR) is 58.6 cm³/mol. The van der Waals surface area contributed by atoms with E-state index >= 15 is 0 Å². The molecule has 0 aromatic carbocycles. The lowest BCUT2D eigenvalue weighted by Gasteiger charge is -2.05. The van der Waals surface area contributed by atoms with Gasteiger partial charge in [-0.15, -0.1) is 0 Å². The summed E-state index contributed by atoms with van der Waals surface area (Å²) in [5.74, 6) is 4.66. The Labute approximate surface area is 87.6 Å². The first kappa shape index (κ1) is 13.1. The molecule has 0 spiro atoms. The highest BCUT2D eigenvalue weighted by Crippen LogP contribution is 1.89. The van der Waals surface area contributed by atoms with E-state index in [2.05, 4.69) is 16.6 Å². The van der Waals surface area contributed by atoms with Gasteiger partial charge in [-0.25, -0.2) is 8.93 Å². The lowest BCUT2D eigenvalue weighted by atomic mass is 10.2. The van der Waals surface area contributed by atoms with E-state index in [1.165, 1.54) is 5.41 Å². The highest BCUT2D eigenvalue weighted by molar-refractivity contribution is 7.86. The third kappa shape index (κ3) is 5.68. The number of rotatable bonds is 5. The van der Waals surface area contributed by atoms with Gasteiger partial charge in [-0.2, -0.15) is 0 Å². The van der Waals surface area contributed by atoms with Crippen LogP contribution in [0.3, 0.4) is 0 Å². The van der Waals surface area contributed by atoms with Crippen LogP contribution < -0.4 is 4.72 Å². The molecule has 3 nitrogen and oxygen atoms in total. The minimum Gasteiger partial charge on any atom is -0.283 e. The van der Waals surface area contributed by atoms with Crippen molar-refractivity contribution < 1.29 is 9.00 Å². The fourth-order valence-electron chi connectivity index (χ4n) is 0.682. The van der Waals surface area contributed by atoms with E-state index in [-0.39, 0.29) is 5.78 Å². The van der Waals surface area contributed by atoms with E-state index in [1.807, 2.05) is 6.92 Å². The maximum atomic E-state index is 11.2. The molecule has 0 aliphatic rings. The first-order valence-electron chi connectivity index (χ1n) is 4.41. The Balaban J connectivity index is 4.10. The Morgan fingerprint density at radius 1 is 1.64 bits per heavy atom. The smallest absolute Gasteiger partial charge is 0.222 e. The minimum atomic E-state index is -1.29. The number of allylic oxidation sites excluding steroid dienone is 1. The topological polar surface area (TPSA) is 46.2 Å². The van der Waals surface area contributed by atoms with Gasteiger partial charge in [0.1, 0.15) is 11.0 Å². The van der Waals surface area contributed by atoms with E-state index in [1.54, 1.807) is 19.9 Å². The molecule has 0 aliphatic heterocycles. The number of hydrogen-bond donors (Lipinski definition) is 1. The molecule has 78 valence electrons. The van der Waals surface area contributed by atoms with Crippen LogP contribution in [0, 0.1) is 11.8 Å². The minimum absolute atomic E-state index is 0.245. The van der Waals surface area contributed by atoms with Crippen molar-refractivity contribution in [3.8, 4) is 11.8 Å². The lowest BCUT2D eigenvalue weighted by Crippen LogP contribution is -2.33. The Bertz CT molecular complexity index is 299. The molecule has 0 aliphatic carbocycles. The molecule has 0 heterocycles. The molecule has 0 rings (SSSR count). The normalized spacial score (nSPS) is 14.5. The van der Waals surface area contributed by atoms with Gasteiger partial charge in [0, 0.05) is 5.41 Å². The molecule has 0 bridgehead atoms. The average molecular weight is 213 g/mol. The standard InChI is InChI=1S/C10H15NO2S/c1-4-6-8-14(13)11-9(3)10(12)7-5-2/h6,8-9,11H,4H2,1-3H3/b8-6+. The maximum Gasteiger partial charge on any atom is 0.222 e. The van der Waals surface area contributed by atoms with E-state index in [0.29, 0.717) is 0 Å². The van der Waals surface area contributed by atoms with Gasteiger partial charge < -0.3 is 0 Å². The molecule has 1 N–H and O–H groups in total. The van der Waals surface area contributed by atoms with Gasteiger partial charge >= 0.3 is 0 Å². The summed E-state index contributed by atoms with van der Waals surface area (Å²) in [5.41, 5.74) is 0. The molecular weight excluding hydrogens is 198 g/mol. The first-order chi connectivity index (χ1) is 6.61. The molecule has 0 fully saturated rings. The summed E-state index contributed by atoms with van der Waals surface area (Å²) in [6.07, 6.45) is 2.61. The average Bonchev–Trinajstić information content (AvgIpc) is 2.15. The monoisotopic (exact) mass is 213 g/mol. The van der Waals surface area contributed by atoms with Crippen molar-refractivity contribution in [1.82, 2.24) is 4.72 Å². The Hall–Kier alpha value is -0.920. The molecule has 0 saturated carbocycles. The van der Waals surface area contributed by atoms with Crippen LogP contribution >= 0.6 is 0 Å². The highest BCUT2D eigenvalue weighted by atomic mass is 32.2. The van der Waals surface area contributed by atoms with E-state index in [0.717, 1.165) is 6.42 Å². The van der Waals surface area contributed by atoms with E-state index in [9.17, 15) is 9.00 Å². The molecule has 0 aromatic heterocycles. The van der Waals surface area contributed by atoms with Gasteiger partial charge in [-0.1, -0.05) is 18.9 Å². The number of ketones is 1. The largest absolute Gasteiger partial charge is 0.283 e. The summed E-state index contributed by atoms with van der Waals surface area (Å²) in [5, 5.41) is 1.53. The summed E-state index contributed by atoms with van der Waals surface area (Å²) in [6, 6.07) is -0.496. The summed E-state index contributed by atoms with van der Waals surface area (Å²) in [4.78, 5) is 11.2. The van der Waals surface area contributed by atoms with Crippen molar-refractivity contribution in [2.45, 2.75) is 33.2 Å². The van der Waals surface area contributed by atoms with Gasteiger partial charge in [0.2, 0.25) is 5.78 Å². The van der Waals surface area contributed by atoms with Crippen LogP contribution in [-0.4, -0.2) is 16.0 Å². The third-order valence-corrected chi connectivity index (χ3v) is 2.42. The fourth-order valence-corrected chi connectivity index (χ4v) is 1.58. The van der Waals surface area contributed by atoms with Gasteiger partial charge in [0.05, 0.1) is 6.04 Å². The molecule has 0 amide bonds. The van der Waals surface area contributed by atoms with Crippen molar-refractivity contribution >= 4 is 16.8 Å². The SMILES string of the molecule is CC#CC(=O)C(C)NS(=O)/C=C/CC. The van der Waals surface area contributed by atoms with Crippen LogP contribution in [-0.2, 0) is 15.8 Å². The summed E-state index contributed by atoms with van der Waals surface area (Å²) >= 11 is 0. The van der Waals surface area contributed by atoms with E-state index in [4.69, 9.17) is 0 Å². The maximum absolute atomic E-state index is 11.2. The molecule has 14 heavy (non-hydrogen) atoms. The molecule has 2 unspecified atom stereocenters. The van der Waals surface area contributed by atoms with Crippen molar-refractivity contribution in [3.05, 3.63) is 11.5 Å². The zero-order valence-electron chi connectivity index (χ0n) is 8.66. The van der Waals surface area contributed by atoms with Gasteiger partial charge in [-0.3, -0.25) is 4.79 Å². The zero-order chi connectivity index (χ0) is 11.0. The molecule has 0 aromatic rings. The number of hydrogen-bond acceptors (Lipinski definition) is 2. The second kappa shape index (κ2) is 7.48. The van der Waals surface area contributed by atoms with Crippen molar-refractivity contribution in [1.29, 1.82) is 0 Å². The van der Waals surface area contributed by atoms with Crippen LogP contribution in [0.25, 0.3) is 0 Å². The number of nitrogens with one attached hydrogen (secondary N) is 1. The zero-order valence-corrected chi connectivity index (χ0v) is 9.48. The van der Waals surface area contributed by atoms with Gasteiger partial charge in [0.25, 0.3) is 0 Å². The molecule has 4 heteroatoms. The van der Waals surface area contributed by atoms with Crippen LogP contribution in [0.4, 0.5) is 0 Å². The van der Waals surface area contributed by atoms with Crippen molar-refractivity contribution in [2.75, 3.05) is 0 Å². The lowest BCUT2D eigenvalue weighted by molar-refractivity contribution is -0.114. The molecule has 2 atom stereocenters. The van der Waals surface area contributed by atoms with Crippen LogP contribution in [0.15, 0.2) is 11.5 Å². The fraction of sp³-hybridized carbons (Fsp3) is 0.500. The number of carbonyl (C=O) groups excluding carboxylic acids is 1. The Kier molecular flexibility index (Phi) is 6.99. The molecule has 0 saturated heterocycles. The van der Waals surface area contributed by atoms with E-state index < -0.39 is 17.0 Å². The Morgan fingerprint density at radius 3 is 2.79 bits per heavy atom. The highest BCUT2D eigenvalue weighted by Gasteiger charge is 2.10. The number of carbonyl (C=O) groups is 1. The Morgan fingerprint density at radius 2 is 2.29 bits per heavy atom. The summed E-state index contributed by atoms with van der Waals surface area (Å²) in [6.45, 7) is 5.19. The van der Waals surface area contributed by atoms with Crippen molar-refractivity contribution in [3.63, 3.8) is 0 Å².